The first-order valence-electron chi connectivity index (χ1n) is 9.95. The Balaban J connectivity index is 1.94. The molecule has 0 spiro atoms. The van der Waals surface area contributed by atoms with Gasteiger partial charge >= 0.3 is 5.97 Å². The predicted molar refractivity (Wildman–Crippen MR) is 117 cm³/mol. The topological polar surface area (TPSA) is 79.5 Å². The second-order valence-electron chi connectivity index (χ2n) is 8.01. The molecule has 5 nitrogen and oxygen atoms in total. The smallest absolute Gasteiger partial charge is 0.311 e. The van der Waals surface area contributed by atoms with Crippen molar-refractivity contribution in [3.05, 3.63) is 63.0 Å². The Morgan fingerprint density at radius 2 is 1.90 bits per heavy atom. The van der Waals surface area contributed by atoms with Crippen molar-refractivity contribution in [1.82, 2.24) is 4.57 Å². The largest absolute Gasteiger partial charge is 0.505 e. The molecule has 0 aliphatic heterocycles. The fourth-order valence-electron chi connectivity index (χ4n) is 4.31. The van der Waals surface area contributed by atoms with Gasteiger partial charge in [-0.1, -0.05) is 42.5 Å². The summed E-state index contributed by atoms with van der Waals surface area (Å²) in [6.45, 7) is 1.64. The zero-order valence-corrected chi connectivity index (χ0v) is 18.2. The van der Waals surface area contributed by atoms with E-state index in [0.29, 0.717) is 29.0 Å². The first kappa shape index (κ1) is 21.7. The van der Waals surface area contributed by atoms with Crippen LogP contribution in [0.2, 0.25) is 10.0 Å². The van der Waals surface area contributed by atoms with Gasteiger partial charge in [0.2, 0.25) is 0 Å². The van der Waals surface area contributed by atoms with Crippen LogP contribution in [0.4, 0.5) is 4.39 Å². The minimum absolute atomic E-state index is 0.193. The first-order valence-corrected chi connectivity index (χ1v) is 10.7. The fourth-order valence-corrected chi connectivity index (χ4v) is 4.61. The van der Waals surface area contributed by atoms with Gasteiger partial charge in [0.15, 0.2) is 11.6 Å². The third-order valence-electron chi connectivity index (χ3n) is 6.13. The number of rotatable bonds is 5. The highest BCUT2D eigenvalue weighted by Crippen LogP contribution is 2.42. The summed E-state index contributed by atoms with van der Waals surface area (Å²) in [5.41, 5.74) is 1.22. The molecule has 2 N–H and O–H groups in total. The molecule has 0 radical (unpaired) electrons. The molecule has 0 saturated heterocycles. The molecular formula is C23H20Cl2FNO4. The van der Waals surface area contributed by atoms with Gasteiger partial charge in [0.05, 0.1) is 21.5 Å². The lowest BCUT2D eigenvalue weighted by molar-refractivity contribution is -0.139. The number of benzene rings is 2. The van der Waals surface area contributed by atoms with Gasteiger partial charge in [-0.15, -0.1) is 0 Å². The van der Waals surface area contributed by atoms with Crippen molar-refractivity contribution in [1.29, 1.82) is 0 Å². The molecule has 1 aliphatic carbocycles. The summed E-state index contributed by atoms with van der Waals surface area (Å²) < 4.78 is 15.5. The zero-order valence-electron chi connectivity index (χ0n) is 16.7. The lowest BCUT2D eigenvalue weighted by Gasteiger charge is -2.28. The highest BCUT2D eigenvalue weighted by atomic mass is 35.5. The molecule has 1 aliphatic rings. The number of carbonyl (C=O) groups is 2. The van der Waals surface area contributed by atoms with E-state index in [1.807, 2.05) is 0 Å². The van der Waals surface area contributed by atoms with Crippen LogP contribution in [-0.4, -0.2) is 26.7 Å². The van der Waals surface area contributed by atoms with E-state index in [-0.39, 0.29) is 21.1 Å². The standard InChI is InChI=1S/C23H20Cl2FNO4/c1-11-21(15(23(30)31)7-12-3-2-4-12)14-9-20(28)18(26)10-19(14)27(11)22(29)13-5-6-16(24)17(25)8-13/h5-6,8-10,12,15,28H,2-4,7H2,1H3,(H,30,31). The molecule has 31 heavy (non-hydrogen) atoms. The average molecular weight is 464 g/mol. The maximum Gasteiger partial charge on any atom is 0.311 e. The number of phenolic OH excluding ortho intramolecular Hbond substituents is 1. The Labute approximate surface area is 188 Å². The third kappa shape index (κ3) is 3.79. The van der Waals surface area contributed by atoms with Gasteiger partial charge in [-0.05, 0) is 49.1 Å². The maximum atomic E-state index is 14.3. The molecule has 0 amide bonds. The number of phenols is 1. The third-order valence-corrected chi connectivity index (χ3v) is 6.87. The molecule has 162 valence electrons. The molecule has 3 aromatic rings. The molecular weight excluding hydrogens is 444 g/mol. The average Bonchev–Trinajstić information content (AvgIpc) is 2.94. The molecule has 1 saturated carbocycles. The fraction of sp³-hybridized carbons (Fsp3) is 0.304. The predicted octanol–water partition coefficient (Wildman–Crippen LogP) is 6.15. The van der Waals surface area contributed by atoms with Gasteiger partial charge in [0.1, 0.15) is 0 Å². The van der Waals surface area contributed by atoms with E-state index in [9.17, 15) is 24.2 Å². The van der Waals surface area contributed by atoms with Crippen LogP contribution in [0.3, 0.4) is 0 Å². The van der Waals surface area contributed by atoms with Gasteiger partial charge in [0.25, 0.3) is 5.91 Å². The highest BCUT2D eigenvalue weighted by molar-refractivity contribution is 6.42. The molecule has 8 heteroatoms. The second-order valence-corrected chi connectivity index (χ2v) is 8.83. The molecule has 1 unspecified atom stereocenters. The van der Waals surface area contributed by atoms with E-state index in [0.717, 1.165) is 25.3 Å². The number of hydrogen-bond acceptors (Lipinski definition) is 3. The SMILES string of the molecule is Cc1c(C(CC2CCC2)C(=O)O)c2cc(O)c(F)cc2n1C(=O)c1ccc(Cl)c(Cl)c1. The van der Waals surface area contributed by atoms with Crippen LogP contribution in [0.5, 0.6) is 5.75 Å². The number of fused-ring (bicyclic) bond motifs is 1. The number of aromatic hydroxyl groups is 1. The van der Waals surface area contributed by atoms with Gasteiger partial charge in [-0.25, -0.2) is 4.39 Å². The number of aliphatic carboxylic acids is 1. The summed E-state index contributed by atoms with van der Waals surface area (Å²) in [6.07, 6.45) is 3.42. The van der Waals surface area contributed by atoms with Crippen LogP contribution in [-0.2, 0) is 4.79 Å². The van der Waals surface area contributed by atoms with Crippen molar-refractivity contribution in [3.63, 3.8) is 0 Å². The molecule has 1 fully saturated rings. The van der Waals surface area contributed by atoms with Crippen LogP contribution in [0.15, 0.2) is 30.3 Å². The number of halogens is 3. The Bertz CT molecular complexity index is 1220. The van der Waals surface area contributed by atoms with E-state index in [1.165, 1.54) is 28.8 Å². The highest BCUT2D eigenvalue weighted by Gasteiger charge is 2.33. The number of carbonyl (C=O) groups excluding carboxylic acids is 1. The summed E-state index contributed by atoms with van der Waals surface area (Å²) in [6, 6.07) is 6.65. The van der Waals surface area contributed by atoms with Crippen molar-refractivity contribution >= 4 is 46.0 Å². The van der Waals surface area contributed by atoms with Gasteiger partial charge < -0.3 is 10.2 Å². The molecule has 4 rings (SSSR count). The number of aromatic nitrogens is 1. The quantitative estimate of drug-likeness (QED) is 0.475. The Kier molecular flexibility index (Phi) is 5.71. The second kappa shape index (κ2) is 8.17. The van der Waals surface area contributed by atoms with Crippen molar-refractivity contribution in [2.24, 2.45) is 5.92 Å². The molecule has 2 aromatic carbocycles. The van der Waals surface area contributed by atoms with E-state index < -0.39 is 29.4 Å². The molecule has 1 heterocycles. The summed E-state index contributed by atoms with van der Waals surface area (Å²) in [7, 11) is 0. The van der Waals surface area contributed by atoms with Crippen LogP contribution < -0.4 is 0 Å². The number of nitrogens with zero attached hydrogens (tertiary/aromatic N) is 1. The zero-order chi connectivity index (χ0) is 22.4. The summed E-state index contributed by atoms with van der Waals surface area (Å²) >= 11 is 12.0. The summed E-state index contributed by atoms with van der Waals surface area (Å²) in [5, 5.41) is 20.8. The monoisotopic (exact) mass is 463 g/mol. The van der Waals surface area contributed by atoms with E-state index in [4.69, 9.17) is 23.2 Å². The Hall–Kier alpha value is -2.57. The van der Waals surface area contributed by atoms with E-state index in [1.54, 1.807) is 6.92 Å². The van der Waals surface area contributed by atoms with Crippen LogP contribution >= 0.6 is 23.2 Å². The van der Waals surface area contributed by atoms with Crippen LogP contribution in [0.25, 0.3) is 10.9 Å². The number of hydrogen-bond donors (Lipinski definition) is 2. The van der Waals surface area contributed by atoms with Crippen LogP contribution in [0.1, 0.15) is 53.2 Å². The number of carboxylic acids is 1. The van der Waals surface area contributed by atoms with Crippen molar-refractivity contribution in [2.75, 3.05) is 0 Å². The van der Waals surface area contributed by atoms with Gasteiger partial charge in [0, 0.05) is 22.7 Å². The van der Waals surface area contributed by atoms with Crippen LogP contribution in [0, 0.1) is 18.7 Å². The maximum absolute atomic E-state index is 14.3. The van der Waals surface area contributed by atoms with E-state index in [2.05, 4.69) is 0 Å². The van der Waals surface area contributed by atoms with E-state index >= 15 is 0 Å². The first-order chi connectivity index (χ1) is 14.7. The van der Waals surface area contributed by atoms with Gasteiger partial charge in [-0.2, -0.15) is 0 Å². The van der Waals surface area contributed by atoms with Crippen molar-refractivity contribution < 1.29 is 24.2 Å². The number of carboxylic acid groups (broad SMARTS) is 1. The summed E-state index contributed by atoms with van der Waals surface area (Å²) in [4.78, 5) is 25.6. The molecule has 0 bridgehead atoms. The Morgan fingerprint density at radius 3 is 2.48 bits per heavy atom. The minimum Gasteiger partial charge on any atom is -0.505 e. The van der Waals surface area contributed by atoms with Gasteiger partial charge in [-0.3, -0.25) is 14.2 Å². The molecule has 1 aromatic heterocycles. The van der Waals surface area contributed by atoms with Crippen molar-refractivity contribution in [2.45, 2.75) is 38.5 Å². The van der Waals surface area contributed by atoms with Crippen molar-refractivity contribution in [3.8, 4) is 5.75 Å². The summed E-state index contributed by atoms with van der Waals surface area (Å²) in [5.74, 6) is -3.59. The molecule has 1 atom stereocenters. The normalized spacial score (nSPS) is 15.1. The lowest BCUT2D eigenvalue weighted by Crippen LogP contribution is -2.21. The Morgan fingerprint density at radius 1 is 1.19 bits per heavy atom. The lowest BCUT2D eigenvalue weighted by atomic mass is 9.77. The minimum atomic E-state index is -1.01.